The second-order valence-corrected chi connectivity index (χ2v) is 49.9. The summed E-state index contributed by atoms with van der Waals surface area (Å²) in [5.41, 5.74) is 6.29. The maximum absolute atomic E-state index is 3.29. The van der Waals surface area contributed by atoms with E-state index in [9.17, 15) is 0 Å². The van der Waals surface area contributed by atoms with Crippen LogP contribution >= 0.6 is 0 Å². The van der Waals surface area contributed by atoms with Crippen LogP contribution in [-0.4, -0.2) is 0 Å². The maximum atomic E-state index is 3.29. The van der Waals surface area contributed by atoms with Crippen LogP contribution in [0.1, 0.15) is 531 Å². The van der Waals surface area contributed by atoms with E-state index in [0.717, 1.165) is 178 Å². The van der Waals surface area contributed by atoms with Crippen molar-refractivity contribution in [3.05, 3.63) is 23.3 Å². The zero-order valence-corrected chi connectivity index (χ0v) is 81.3. The number of unbranched alkanes of at least 4 members (excludes halogenated alkanes) is 18. The molecule has 16 fully saturated rings. The maximum Gasteiger partial charge on any atom is -0.0197 e. The lowest BCUT2D eigenvalue weighted by atomic mass is 9.45. The Morgan fingerprint density at radius 3 is 0.849 bits per heavy atom. The molecule has 680 valence electrons. The minimum Gasteiger partial charge on any atom is -0.0817 e. The van der Waals surface area contributed by atoms with Gasteiger partial charge in [-0.15, -0.1) is 0 Å². The van der Waals surface area contributed by atoms with Crippen LogP contribution in [0.25, 0.3) is 0 Å². The zero-order valence-electron chi connectivity index (χ0n) is 81.3. The lowest BCUT2D eigenvalue weighted by Crippen LogP contribution is -2.53. The van der Waals surface area contributed by atoms with Crippen LogP contribution in [-0.2, 0) is 0 Å². The highest BCUT2D eigenvalue weighted by atomic mass is 14.7. The summed E-state index contributed by atoms with van der Waals surface area (Å²) in [7, 11) is 0. The first-order chi connectivity index (χ1) is 58.5. The molecule has 0 aliphatic heterocycles. The first-order valence-electron chi connectivity index (χ1n) is 58.0. The van der Waals surface area contributed by atoms with Crippen molar-refractivity contribution in [1.82, 2.24) is 0 Å². The van der Waals surface area contributed by atoms with Crippen molar-refractivity contribution in [2.45, 2.75) is 531 Å². The minimum atomic E-state index is 0.647. The van der Waals surface area contributed by atoms with Crippen LogP contribution in [0.15, 0.2) is 23.3 Å². The molecule has 0 radical (unpaired) electrons. The molecule has 0 aromatic carbocycles. The Kier molecular flexibility index (Phi) is 34.2. The van der Waals surface area contributed by atoms with Gasteiger partial charge in [-0.1, -0.05) is 303 Å². The van der Waals surface area contributed by atoms with Gasteiger partial charge in [0.25, 0.3) is 0 Å². The number of rotatable bonds is 39. The largest absolute Gasteiger partial charge is 0.0817 e. The molecule has 0 nitrogen and oxygen atoms in total. The number of hydrogen-bond donors (Lipinski definition) is 0. The van der Waals surface area contributed by atoms with Gasteiger partial charge in [0.1, 0.15) is 0 Å². The van der Waals surface area contributed by atoms with Gasteiger partial charge in [0.15, 0.2) is 0 Å². The summed E-state index contributed by atoms with van der Waals surface area (Å²) in [6, 6.07) is 0. The monoisotopic (exact) mass is 1630 g/mol. The molecule has 0 spiro atoms. The van der Waals surface area contributed by atoms with Crippen molar-refractivity contribution in [3.8, 4) is 0 Å². The summed E-state index contributed by atoms with van der Waals surface area (Å²) in [5, 5.41) is 0. The molecule has 0 saturated heterocycles. The third-order valence-corrected chi connectivity index (χ3v) is 44.3. The molecule has 16 aliphatic carbocycles. The molecular weight excluding hydrogens is 1430 g/mol. The van der Waals surface area contributed by atoms with Gasteiger partial charge in [0.05, 0.1) is 0 Å². The Morgan fingerprint density at radius 2 is 0.479 bits per heavy atom. The van der Waals surface area contributed by atoms with Gasteiger partial charge >= 0.3 is 0 Å². The van der Waals surface area contributed by atoms with E-state index >= 15 is 0 Å². The van der Waals surface area contributed by atoms with Crippen molar-refractivity contribution in [2.75, 3.05) is 0 Å². The highest BCUT2D eigenvalue weighted by Gasteiger charge is 2.65. The van der Waals surface area contributed by atoms with E-state index in [0.29, 0.717) is 16.2 Å². The van der Waals surface area contributed by atoms with Crippen LogP contribution in [0, 0.1) is 194 Å². The first kappa shape index (κ1) is 91.8. The summed E-state index contributed by atoms with van der Waals surface area (Å²) in [4.78, 5) is 0. The second kappa shape index (κ2) is 44.4. The molecular formula is C119H204. The molecule has 0 heteroatoms. The van der Waals surface area contributed by atoms with Gasteiger partial charge in [0.2, 0.25) is 0 Å². The molecule has 0 amide bonds. The summed E-state index contributed by atoms with van der Waals surface area (Å²) < 4.78 is 0. The quantitative estimate of drug-likeness (QED) is 0.0425. The third kappa shape index (κ3) is 20.3. The Bertz CT molecular complexity index is 2910. The van der Waals surface area contributed by atoms with Gasteiger partial charge in [0, 0.05) is 0 Å². The van der Waals surface area contributed by atoms with Gasteiger partial charge in [-0.25, -0.2) is 0 Å². The Labute approximate surface area is 742 Å². The van der Waals surface area contributed by atoms with Crippen LogP contribution < -0.4 is 0 Å². The SMILES string of the molecule is CCCCCCC1(CCCCCC)C2CCCCC2C2CCC(/C(=C\C3CCC(C)CC3)C3CCC(C4C5CCCCC5C(C5CCC(/C(=C/C6CCC(C7CCC8C9CCC(C)CC9C(CCCCCC)(CCCCCC)C8C7)CC6)C6CCC7C8CCCCC8C(CCCCCC)(CCCCCC)C7C6)CC5)C5CCCCC54)CC3)CC21. The van der Waals surface area contributed by atoms with E-state index in [1.165, 1.54) is 141 Å². The molecule has 0 aromatic heterocycles. The van der Waals surface area contributed by atoms with Crippen molar-refractivity contribution in [3.63, 3.8) is 0 Å². The van der Waals surface area contributed by atoms with E-state index in [1.807, 2.05) is 0 Å². The van der Waals surface area contributed by atoms with E-state index < -0.39 is 0 Å². The topological polar surface area (TPSA) is 0 Å². The van der Waals surface area contributed by atoms with Crippen molar-refractivity contribution >= 4 is 0 Å². The Balaban J connectivity index is 0.636. The fraction of sp³-hybridized carbons (Fsp3) is 0.966. The molecule has 20 unspecified atom stereocenters. The molecule has 16 aliphatic rings. The molecule has 20 atom stereocenters. The van der Waals surface area contributed by atoms with Gasteiger partial charge in [-0.2, -0.15) is 0 Å². The number of allylic oxidation sites excluding steroid dienone is 4. The van der Waals surface area contributed by atoms with Gasteiger partial charge in [-0.05, 0) is 444 Å². The van der Waals surface area contributed by atoms with E-state index in [4.69, 9.17) is 0 Å². The van der Waals surface area contributed by atoms with Crippen LogP contribution in [0.5, 0.6) is 0 Å². The highest BCUT2D eigenvalue weighted by molar-refractivity contribution is 5.23. The Hall–Kier alpha value is -0.520. The number of fused-ring (bicyclic) bond motifs is 11. The fourth-order valence-electron chi connectivity index (χ4n) is 39.2. The molecule has 119 heavy (non-hydrogen) atoms. The predicted octanol–water partition coefficient (Wildman–Crippen LogP) is 37.5. The standard InChI is InChI=1S/C119H204/c1-9-15-21-35-73-117(74-36-22-16-10-2)109-47-33-31-41-97(109)100-71-67-95(83-113(100)117)107(80-87-52-49-85(7)50-53-87)90-58-62-92(63-59-90)115-103-43-27-29-45-105(103)116(106-46-30-28-44-104(106)115)93-64-60-91(61-65-93)108(96-68-72-101-98-42-32-34-48-110(98)118(114(101)84-96,75-37-23-17-11-3)76-38-24-18-12-4)81-88-54-56-89(57-55-88)94-66-70-102-99-69-51-86(8)79-111(99)119(112(102)82-94,77-39-25-19-13-5)78-40-26-20-14-6/h80-81,85-106,109-116H,9-79,82-84H2,1-8H3/b107-80-,108-81-. The summed E-state index contributed by atoms with van der Waals surface area (Å²) in [5.74, 6) is 30.4. The average molecular weight is 1630 g/mol. The molecule has 0 bridgehead atoms. The van der Waals surface area contributed by atoms with Gasteiger partial charge < -0.3 is 0 Å². The molecule has 0 heterocycles. The molecule has 0 aromatic rings. The van der Waals surface area contributed by atoms with Crippen molar-refractivity contribution < 1.29 is 0 Å². The van der Waals surface area contributed by atoms with Crippen LogP contribution in [0.2, 0.25) is 0 Å². The third-order valence-electron chi connectivity index (χ3n) is 44.3. The lowest BCUT2D eigenvalue weighted by Gasteiger charge is -2.60. The fourth-order valence-corrected chi connectivity index (χ4v) is 39.2. The predicted molar refractivity (Wildman–Crippen MR) is 515 cm³/mol. The normalized spacial score (nSPS) is 42.6. The lowest BCUT2D eigenvalue weighted by molar-refractivity contribution is -0.113. The second-order valence-electron chi connectivity index (χ2n) is 49.9. The average Bonchev–Trinajstić information content (AvgIpc) is 1.73. The summed E-state index contributed by atoms with van der Waals surface area (Å²) in [6.07, 6.45) is 121. The molecule has 0 N–H and O–H groups in total. The van der Waals surface area contributed by atoms with E-state index in [2.05, 4.69) is 78.7 Å². The van der Waals surface area contributed by atoms with Crippen molar-refractivity contribution in [2.24, 2.45) is 194 Å². The number of hydrogen-bond acceptors (Lipinski definition) is 0. The summed E-state index contributed by atoms with van der Waals surface area (Å²) in [6.45, 7) is 20.1. The van der Waals surface area contributed by atoms with Crippen LogP contribution in [0.3, 0.4) is 0 Å². The minimum absolute atomic E-state index is 0.647. The molecule has 16 saturated carbocycles. The molecule has 16 rings (SSSR count). The zero-order chi connectivity index (χ0) is 81.7. The van der Waals surface area contributed by atoms with Gasteiger partial charge in [-0.3, -0.25) is 0 Å². The summed E-state index contributed by atoms with van der Waals surface area (Å²) >= 11 is 0. The van der Waals surface area contributed by atoms with Crippen LogP contribution in [0.4, 0.5) is 0 Å². The smallest absolute Gasteiger partial charge is 0.0197 e. The van der Waals surface area contributed by atoms with E-state index in [-0.39, 0.29) is 0 Å². The van der Waals surface area contributed by atoms with E-state index in [1.54, 1.807) is 334 Å². The van der Waals surface area contributed by atoms with Crippen molar-refractivity contribution in [1.29, 1.82) is 0 Å². The highest BCUT2D eigenvalue weighted by Crippen LogP contribution is 2.73. The Morgan fingerprint density at radius 1 is 0.210 bits per heavy atom. The first-order valence-corrected chi connectivity index (χ1v) is 58.0.